The number of nitriles is 1. The fourth-order valence-corrected chi connectivity index (χ4v) is 2.53. The molecule has 0 spiro atoms. The molecule has 2 rings (SSSR count). The van der Waals surface area contributed by atoms with Crippen molar-refractivity contribution < 1.29 is 5.11 Å². The van der Waals surface area contributed by atoms with Crippen LogP contribution in [0.3, 0.4) is 0 Å². The summed E-state index contributed by atoms with van der Waals surface area (Å²) in [5.74, 6) is 0. The monoisotopic (exact) mass is 294 g/mol. The Morgan fingerprint density at radius 2 is 2.00 bits per heavy atom. The highest BCUT2D eigenvalue weighted by Crippen LogP contribution is 2.26. The fourth-order valence-electron chi connectivity index (χ4n) is 2.17. The second kappa shape index (κ2) is 5.52. The molecular formula is C13H15BrN2O. The first-order valence-corrected chi connectivity index (χ1v) is 6.62. The maximum atomic E-state index is 9.45. The lowest BCUT2D eigenvalue weighted by molar-refractivity contribution is 0.126. The summed E-state index contributed by atoms with van der Waals surface area (Å²) >= 11 is 3.41. The second-order valence-electron chi connectivity index (χ2n) is 4.45. The highest BCUT2D eigenvalue weighted by Gasteiger charge is 2.19. The van der Waals surface area contributed by atoms with E-state index in [2.05, 4.69) is 27.3 Å². The van der Waals surface area contributed by atoms with Crippen molar-refractivity contribution in [1.29, 1.82) is 5.26 Å². The molecule has 0 radical (unpaired) electrons. The van der Waals surface area contributed by atoms with E-state index in [1.807, 2.05) is 18.2 Å². The van der Waals surface area contributed by atoms with Crippen LogP contribution in [0.25, 0.3) is 0 Å². The molecule has 0 atom stereocenters. The molecule has 17 heavy (non-hydrogen) atoms. The number of hydrogen-bond acceptors (Lipinski definition) is 3. The molecule has 0 aliphatic heterocycles. The van der Waals surface area contributed by atoms with Crippen molar-refractivity contribution in [3.05, 3.63) is 28.2 Å². The summed E-state index contributed by atoms with van der Waals surface area (Å²) in [5, 5.41) is 21.9. The molecule has 3 nitrogen and oxygen atoms in total. The zero-order valence-electron chi connectivity index (χ0n) is 9.49. The minimum Gasteiger partial charge on any atom is -0.393 e. The van der Waals surface area contributed by atoms with Gasteiger partial charge in [0.05, 0.1) is 17.4 Å². The number of nitrogens with zero attached hydrogens (tertiary/aromatic N) is 1. The molecule has 0 unspecified atom stereocenters. The van der Waals surface area contributed by atoms with Gasteiger partial charge in [0, 0.05) is 10.5 Å². The van der Waals surface area contributed by atoms with Crippen LogP contribution >= 0.6 is 15.9 Å². The molecule has 0 heterocycles. The Morgan fingerprint density at radius 3 is 2.65 bits per heavy atom. The molecule has 0 aromatic heterocycles. The Morgan fingerprint density at radius 1 is 1.29 bits per heavy atom. The van der Waals surface area contributed by atoms with E-state index in [0.29, 0.717) is 11.6 Å². The van der Waals surface area contributed by atoms with Crippen LogP contribution in [0.2, 0.25) is 0 Å². The fraction of sp³-hybridized carbons (Fsp3) is 0.462. The van der Waals surface area contributed by atoms with E-state index in [-0.39, 0.29) is 6.10 Å². The first-order chi connectivity index (χ1) is 8.19. The zero-order valence-corrected chi connectivity index (χ0v) is 11.1. The molecule has 1 aliphatic rings. The third-order valence-corrected chi connectivity index (χ3v) is 3.65. The van der Waals surface area contributed by atoms with Crippen molar-refractivity contribution in [1.82, 2.24) is 0 Å². The highest BCUT2D eigenvalue weighted by atomic mass is 79.9. The van der Waals surface area contributed by atoms with Crippen molar-refractivity contribution in [3.63, 3.8) is 0 Å². The Kier molecular flexibility index (Phi) is 4.03. The number of benzene rings is 1. The molecule has 0 saturated heterocycles. The molecular weight excluding hydrogens is 280 g/mol. The molecule has 1 saturated carbocycles. The Balaban J connectivity index is 2.08. The lowest BCUT2D eigenvalue weighted by Gasteiger charge is -2.27. The molecule has 1 aromatic rings. The van der Waals surface area contributed by atoms with E-state index >= 15 is 0 Å². The summed E-state index contributed by atoms with van der Waals surface area (Å²) in [7, 11) is 0. The normalized spacial score (nSPS) is 24.1. The van der Waals surface area contributed by atoms with Gasteiger partial charge in [-0.1, -0.05) is 15.9 Å². The van der Waals surface area contributed by atoms with Crippen LogP contribution in [0, 0.1) is 11.3 Å². The van der Waals surface area contributed by atoms with Gasteiger partial charge in [-0.3, -0.25) is 0 Å². The van der Waals surface area contributed by atoms with Crippen LogP contribution in [0.15, 0.2) is 22.7 Å². The van der Waals surface area contributed by atoms with Gasteiger partial charge >= 0.3 is 0 Å². The summed E-state index contributed by atoms with van der Waals surface area (Å²) in [6, 6.07) is 8.16. The van der Waals surface area contributed by atoms with E-state index in [0.717, 1.165) is 35.8 Å². The average Bonchev–Trinajstić information content (AvgIpc) is 2.32. The first-order valence-electron chi connectivity index (χ1n) is 5.83. The van der Waals surface area contributed by atoms with Gasteiger partial charge in [0.2, 0.25) is 0 Å². The Labute approximate surface area is 110 Å². The maximum absolute atomic E-state index is 9.45. The van der Waals surface area contributed by atoms with Crippen LogP contribution < -0.4 is 5.32 Å². The zero-order chi connectivity index (χ0) is 12.3. The SMILES string of the molecule is N#Cc1ccc(Br)cc1NC1CCC(O)CC1. The number of nitrogens with one attached hydrogen (secondary N) is 1. The second-order valence-corrected chi connectivity index (χ2v) is 5.37. The quantitative estimate of drug-likeness (QED) is 0.881. The lowest BCUT2D eigenvalue weighted by Crippen LogP contribution is -2.28. The Bertz CT molecular complexity index is 434. The van der Waals surface area contributed by atoms with Crippen molar-refractivity contribution in [3.8, 4) is 6.07 Å². The van der Waals surface area contributed by atoms with E-state index in [9.17, 15) is 5.11 Å². The van der Waals surface area contributed by atoms with Crippen molar-refractivity contribution in [2.75, 3.05) is 5.32 Å². The number of anilines is 1. The van der Waals surface area contributed by atoms with Crippen LogP contribution in [0.1, 0.15) is 31.2 Å². The van der Waals surface area contributed by atoms with E-state index in [4.69, 9.17) is 5.26 Å². The van der Waals surface area contributed by atoms with Gasteiger partial charge in [0.25, 0.3) is 0 Å². The van der Waals surface area contributed by atoms with E-state index < -0.39 is 0 Å². The molecule has 90 valence electrons. The predicted octanol–water partition coefficient (Wildman–Crippen LogP) is 3.04. The van der Waals surface area contributed by atoms with Gasteiger partial charge in [-0.25, -0.2) is 0 Å². The average molecular weight is 295 g/mol. The largest absolute Gasteiger partial charge is 0.393 e. The number of hydrogen-bond donors (Lipinski definition) is 2. The summed E-state index contributed by atoms with van der Waals surface area (Å²) < 4.78 is 0.967. The molecule has 1 fully saturated rings. The highest BCUT2D eigenvalue weighted by molar-refractivity contribution is 9.10. The number of halogens is 1. The van der Waals surface area contributed by atoms with E-state index in [1.54, 1.807) is 0 Å². The van der Waals surface area contributed by atoms with Crippen LogP contribution in [0.5, 0.6) is 0 Å². The topological polar surface area (TPSA) is 56.0 Å². The minimum absolute atomic E-state index is 0.147. The first kappa shape index (κ1) is 12.4. The molecule has 1 aliphatic carbocycles. The third-order valence-electron chi connectivity index (χ3n) is 3.16. The molecule has 0 bridgehead atoms. The van der Waals surface area contributed by atoms with Gasteiger partial charge in [0.15, 0.2) is 0 Å². The maximum Gasteiger partial charge on any atom is 0.101 e. The van der Waals surface area contributed by atoms with Crippen molar-refractivity contribution in [2.24, 2.45) is 0 Å². The van der Waals surface area contributed by atoms with Crippen LogP contribution in [0.4, 0.5) is 5.69 Å². The summed E-state index contributed by atoms with van der Waals surface area (Å²) in [6.45, 7) is 0. The van der Waals surface area contributed by atoms with Crippen molar-refractivity contribution in [2.45, 2.75) is 37.8 Å². The summed E-state index contributed by atoms with van der Waals surface area (Å²) in [6.07, 6.45) is 3.45. The van der Waals surface area contributed by atoms with Crippen LogP contribution in [-0.4, -0.2) is 17.3 Å². The third kappa shape index (κ3) is 3.21. The number of aliphatic hydroxyl groups excluding tert-OH is 1. The van der Waals surface area contributed by atoms with Gasteiger partial charge < -0.3 is 10.4 Å². The summed E-state index contributed by atoms with van der Waals surface area (Å²) in [4.78, 5) is 0. The van der Waals surface area contributed by atoms with Gasteiger partial charge in [-0.15, -0.1) is 0 Å². The van der Waals surface area contributed by atoms with Gasteiger partial charge in [0.1, 0.15) is 6.07 Å². The molecule has 2 N–H and O–H groups in total. The molecule has 0 amide bonds. The smallest absolute Gasteiger partial charge is 0.101 e. The number of rotatable bonds is 2. The van der Waals surface area contributed by atoms with Crippen molar-refractivity contribution >= 4 is 21.6 Å². The van der Waals surface area contributed by atoms with Gasteiger partial charge in [-0.2, -0.15) is 5.26 Å². The summed E-state index contributed by atoms with van der Waals surface area (Å²) in [5.41, 5.74) is 1.54. The lowest BCUT2D eigenvalue weighted by atomic mass is 9.93. The molecule has 4 heteroatoms. The van der Waals surface area contributed by atoms with Gasteiger partial charge in [-0.05, 0) is 43.9 Å². The predicted molar refractivity (Wildman–Crippen MR) is 70.7 cm³/mol. The van der Waals surface area contributed by atoms with Crippen LogP contribution in [-0.2, 0) is 0 Å². The Hall–Kier alpha value is -1.05. The molecule has 1 aromatic carbocycles. The number of aliphatic hydroxyl groups is 1. The van der Waals surface area contributed by atoms with E-state index in [1.165, 1.54) is 0 Å². The standard InChI is InChI=1S/C13H15BrN2O/c14-10-2-1-9(8-15)13(7-10)16-11-3-5-12(17)6-4-11/h1-2,7,11-12,16-17H,3-6H2. The minimum atomic E-state index is -0.147.